The van der Waals surface area contributed by atoms with E-state index < -0.39 is 0 Å². The molecule has 1 saturated heterocycles. The molecule has 1 atom stereocenters. The van der Waals surface area contributed by atoms with E-state index in [9.17, 15) is 4.79 Å². The van der Waals surface area contributed by atoms with Crippen LogP contribution in [0.5, 0.6) is 0 Å². The van der Waals surface area contributed by atoms with Gasteiger partial charge in [0.1, 0.15) is 0 Å². The number of aliphatic imine (C=N–C) groups is 1. The van der Waals surface area contributed by atoms with Gasteiger partial charge in [-0.2, -0.15) is 0 Å². The van der Waals surface area contributed by atoms with Gasteiger partial charge in [0.2, 0.25) is 5.91 Å². The summed E-state index contributed by atoms with van der Waals surface area (Å²) in [4.78, 5) is 22.1. The molecule has 2 aliphatic rings. The first-order valence-corrected chi connectivity index (χ1v) is 11.7. The minimum atomic E-state index is 0. The van der Waals surface area contributed by atoms with Crippen LogP contribution in [0.3, 0.4) is 0 Å². The molecule has 2 fully saturated rings. The molecule has 0 aromatic heterocycles. The van der Waals surface area contributed by atoms with Crippen LogP contribution in [0.25, 0.3) is 0 Å². The number of nitrogens with one attached hydrogen (secondary N) is 2. The zero-order chi connectivity index (χ0) is 20.2. The highest BCUT2D eigenvalue weighted by molar-refractivity contribution is 14.0. The van der Waals surface area contributed by atoms with Crippen LogP contribution in [0.4, 0.5) is 0 Å². The van der Waals surface area contributed by atoms with Crippen molar-refractivity contribution in [1.29, 1.82) is 0 Å². The second-order valence-electron chi connectivity index (χ2n) is 8.24. The van der Waals surface area contributed by atoms with Crippen LogP contribution in [0.15, 0.2) is 4.99 Å². The van der Waals surface area contributed by atoms with Crippen molar-refractivity contribution in [2.24, 2.45) is 10.9 Å². The summed E-state index contributed by atoms with van der Waals surface area (Å²) in [5.41, 5.74) is 0. The molecular formula is C22H44IN5O. The topological polar surface area (TPSA) is 60.0 Å². The molecule has 1 heterocycles. The van der Waals surface area contributed by atoms with Crippen molar-refractivity contribution in [3.05, 3.63) is 0 Å². The third-order valence-corrected chi connectivity index (χ3v) is 6.19. The summed E-state index contributed by atoms with van der Waals surface area (Å²) in [5.74, 6) is 1.57. The second-order valence-corrected chi connectivity index (χ2v) is 8.24. The zero-order valence-electron chi connectivity index (χ0n) is 18.9. The monoisotopic (exact) mass is 521 g/mol. The third-order valence-electron chi connectivity index (χ3n) is 6.19. The van der Waals surface area contributed by atoms with Gasteiger partial charge in [0.05, 0.1) is 0 Å². The van der Waals surface area contributed by atoms with Gasteiger partial charge in [-0.3, -0.25) is 9.79 Å². The normalized spacial score (nSPS) is 20.6. The number of rotatable bonds is 10. The zero-order valence-corrected chi connectivity index (χ0v) is 21.2. The lowest BCUT2D eigenvalue weighted by molar-refractivity contribution is -0.135. The summed E-state index contributed by atoms with van der Waals surface area (Å²) in [7, 11) is 0. The minimum Gasteiger partial charge on any atom is -0.357 e. The molecule has 1 aliphatic carbocycles. The van der Waals surface area contributed by atoms with Crippen LogP contribution >= 0.6 is 24.0 Å². The van der Waals surface area contributed by atoms with Gasteiger partial charge in [0.15, 0.2) is 5.96 Å². The average Bonchev–Trinajstić information content (AvgIpc) is 3.19. The van der Waals surface area contributed by atoms with Gasteiger partial charge in [0.25, 0.3) is 0 Å². The number of amides is 1. The van der Waals surface area contributed by atoms with E-state index in [1.54, 1.807) is 0 Å². The molecule has 6 nitrogen and oxygen atoms in total. The number of carbonyl (C=O) groups excluding carboxylic acids is 1. The van der Waals surface area contributed by atoms with Crippen LogP contribution in [0, 0.1) is 5.92 Å². The number of unbranched alkanes of at least 4 members (excludes halogenated alkanes) is 1. The lowest BCUT2D eigenvalue weighted by Crippen LogP contribution is -2.45. The Labute approximate surface area is 195 Å². The summed E-state index contributed by atoms with van der Waals surface area (Å²) in [6, 6.07) is 0.320. The molecule has 0 aromatic rings. The number of carbonyl (C=O) groups is 1. The fourth-order valence-electron chi connectivity index (χ4n) is 4.38. The number of hydrogen-bond acceptors (Lipinski definition) is 3. The molecule has 29 heavy (non-hydrogen) atoms. The molecule has 1 aliphatic heterocycles. The highest BCUT2D eigenvalue weighted by Crippen LogP contribution is 2.26. The standard InChI is InChI=1S/C22H43N5O.HI/c1-4-23-22(24-15-10-11-16-26(5-2)6-3)25-20-14-17-27(18-20)21(28)19-12-8-7-9-13-19;/h19-20H,4-18H2,1-3H3,(H2,23,24,25);1H. The van der Waals surface area contributed by atoms with E-state index in [-0.39, 0.29) is 29.9 Å². The van der Waals surface area contributed by atoms with Gasteiger partial charge in [-0.15, -0.1) is 24.0 Å². The number of hydrogen-bond donors (Lipinski definition) is 2. The number of halogens is 1. The van der Waals surface area contributed by atoms with Crippen LogP contribution in [0.1, 0.15) is 72.1 Å². The molecule has 170 valence electrons. The van der Waals surface area contributed by atoms with E-state index in [0.717, 1.165) is 77.5 Å². The first-order chi connectivity index (χ1) is 13.7. The maximum Gasteiger partial charge on any atom is 0.225 e. The summed E-state index contributed by atoms with van der Waals surface area (Å²) in [6.07, 6.45) is 9.24. The number of guanidine groups is 1. The van der Waals surface area contributed by atoms with Crippen molar-refractivity contribution in [3.8, 4) is 0 Å². The minimum absolute atomic E-state index is 0. The van der Waals surface area contributed by atoms with Crippen molar-refractivity contribution < 1.29 is 4.79 Å². The van der Waals surface area contributed by atoms with Gasteiger partial charge >= 0.3 is 0 Å². The molecule has 7 heteroatoms. The first-order valence-electron chi connectivity index (χ1n) is 11.7. The Kier molecular flexibility index (Phi) is 13.9. The highest BCUT2D eigenvalue weighted by atomic mass is 127. The average molecular weight is 522 g/mol. The summed E-state index contributed by atoms with van der Waals surface area (Å²) in [5, 5.41) is 6.93. The van der Waals surface area contributed by atoms with E-state index in [0.29, 0.717) is 11.9 Å². The Morgan fingerprint density at radius 2 is 1.79 bits per heavy atom. The molecular weight excluding hydrogens is 477 g/mol. The molecule has 1 saturated carbocycles. The largest absolute Gasteiger partial charge is 0.357 e. The molecule has 2 rings (SSSR count). The van der Waals surface area contributed by atoms with Crippen LogP contribution in [0.2, 0.25) is 0 Å². The Bertz CT molecular complexity index is 478. The van der Waals surface area contributed by atoms with Crippen molar-refractivity contribution in [3.63, 3.8) is 0 Å². The molecule has 1 unspecified atom stereocenters. The summed E-state index contributed by atoms with van der Waals surface area (Å²) < 4.78 is 0. The molecule has 2 N–H and O–H groups in total. The number of nitrogens with zero attached hydrogens (tertiary/aromatic N) is 3. The maximum atomic E-state index is 12.8. The fourth-order valence-corrected chi connectivity index (χ4v) is 4.38. The van der Waals surface area contributed by atoms with E-state index in [4.69, 9.17) is 4.99 Å². The van der Waals surface area contributed by atoms with Crippen LogP contribution < -0.4 is 10.6 Å². The maximum absolute atomic E-state index is 12.8. The SMILES string of the molecule is CCNC(=NCCCCN(CC)CC)NC1CCN(C(=O)C2CCCCC2)C1.I. The quantitative estimate of drug-likeness (QED) is 0.200. The van der Waals surface area contributed by atoms with E-state index in [1.807, 2.05) is 0 Å². The predicted octanol–water partition coefficient (Wildman–Crippen LogP) is 3.46. The fraction of sp³-hybridized carbons (Fsp3) is 0.909. The van der Waals surface area contributed by atoms with E-state index in [2.05, 4.69) is 41.2 Å². The third kappa shape index (κ3) is 9.40. The van der Waals surface area contributed by atoms with E-state index >= 15 is 0 Å². The van der Waals surface area contributed by atoms with Gasteiger partial charge in [-0.25, -0.2) is 0 Å². The molecule has 0 bridgehead atoms. The Hall–Kier alpha value is -0.570. The Morgan fingerprint density at radius 1 is 1.07 bits per heavy atom. The smallest absolute Gasteiger partial charge is 0.225 e. The molecule has 1 amide bonds. The van der Waals surface area contributed by atoms with Gasteiger partial charge in [-0.05, 0) is 58.7 Å². The van der Waals surface area contributed by atoms with Gasteiger partial charge in [0, 0.05) is 38.1 Å². The van der Waals surface area contributed by atoms with Crippen LogP contribution in [-0.2, 0) is 4.79 Å². The van der Waals surface area contributed by atoms with Crippen molar-refractivity contribution in [2.75, 3.05) is 45.8 Å². The first kappa shape index (κ1) is 26.5. The van der Waals surface area contributed by atoms with Crippen molar-refractivity contribution in [1.82, 2.24) is 20.4 Å². The van der Waals surface area contributed by atoms with Gasteiger partial charge < -0.3 is 20.4 Å². The van der Waals surface area contributed by atoms with Crippen molar-refractivity contribution >= 4 is 35.8 Å². The molecule has 0 radical (unpaired) electrons. The van der Waals surface area contributed by atoms with Crippen LogP contribution in [-0.4, -0.2) is 73.5 Å². The second kappa shape index (κ2) is 15.3. The number of likely N-dealkylation sites (tertiary alicyclic amines) is 1. The predicted molar refractivity (Wildman–Crippen MR) is 133 cm³/mol. The molecule has 0 aromatic carbocycles. The Balaban J connectivity index is 0.00000420. The van der Waals surface area contributed by atoms with Gasteiger partial charge in [-0.1, -0.05) is 33.1 Å². The Morgan fingerprint density at radius 3 is 2.45 bits per heavy atom. The lowest BCUT2D eigenvalue weighted by atomic mass is 9.88. The lowest BCUT2D eigenvalue weighted by Gasteiger charge is -2.26. The van der Waals surface area contributed by atoms with E-state index in [1.165, 1.54) is 25.7 Å². The highest BCUT2D eigenvalue weighted by Gasteiger charge is 2.31. The summed E-state index contributed by atoms with van der Waals surface area (Å²) in [6.45, 7) is 13.4. The van der Waals surface area contributed by atoms with Crippen molar-refractivity contribution in [2.45, 2.75) is 78.2 Å². The summed E-state index contributed by atoms with van der Waals surface area (Å²) >= 11 is 0. The molecule has 0 spiro atoms.